The highest BCUT2D eigenvalue weighted by Gasteiger charge is 2.23. The molecule has 1 fully saturated rings. The van der Waals surface area contributed by atoms with E-state index in [1.807, 2.05) is 30.3 Å². The van der Waals surface area contributed by atoms with Crippen molar-refractivity contribution in [3.8, 4) is 22.4 Å². The van der Waals surface area contributed by atoms with Gasteiger partial charge in [0, 0.05) is 24.2 Å². The summed E-state index contributed by atoms with van der Waals surface area (Å²) in [6.07, 6.45) is 3.90. The molecule has 0 spiro atoms. The van der Waals surface area contributed by atoms with E-state index in [4.69, 9.17) is 11.6 Å². The lowest BCUT2D eigenvalue weighted by Gasteiger charge is -2.31. The summed E-state index contributed by atoms with van der Waals surface area (Å²) in [5, 5.41) is 0. The monoisotopic (exact) mass is 469 g/mol. The van der Waals surface area contributed by atoms with E-state index < -0.39 is 0 Å². The summed E-state index contributed by atoms with van der Waals surface area (Å²) >= 11 is 0. The van der Waals surface area contributed by atoms with Gasteiger partial charge >= 0.3 is 0 Å². The van der Waals surface area contributed by atoms with Crippen LogP contribution >= 0.6 is 0 Å². The maximum Gasteiger partial charge on any atom is 0.205 e. The zero-order chi connectivity index (χ0) is 24.3. The molecule has 0 atom stereocenters. The van der Waals surface area contributed by atoms with E-state index in [2.05, 4.69) is 74.3 Å². The topological polar surface area (TPSA) is 49.2 Å². The molecule has 0 saturated carbocycles. The van der Waals surface area contributed by atoms with Gasteiger partial charge in [0.25, 0.3) is 0 Å². The molecule has 1 saturated heterocycles. The Morgan fingerprint density at radius 3 is 2.39 bits per heavy atom. The molecule has 5 nitrogen and oxygen atoms in total. The van der Waals surface area contributed by atoms with Crippen LogP contribution in [0.3, 0.4) is 0 Å². The average Bonchev–Trinajstić information content (AvgIpc) is 3.39. The molecule has 6 rings (SSSR count). The maximum absolute atomic E-state index is 7.39. The zero-order valence-corrected chi connectivity index (χ0v) is 20.1. The number of hydrogen-bond donors (Lipinski definition) is 1. The van der Waals surface area contributed by atoms with Crippen LogP contribution in [0.15, 0.2) is 91.1 Å². The highest BCUT2D eigenvalue weighted by Crippen LogP contribution is 2.34. The molecule has 0 bridgehead atoms. The fourth-order valence-electron chi connectivity index (χ4n) is 5.14. The van der Waals surface area contributed by atoms with E-state index in [0.717, 1.165) is 71.7 Å². The first-order chi connectivity index (χ1) is 17.8. The lowest BCUT2D eigenvalue weighted by Crippen LogP contribution is -2.32. The molecule has 2 aromatic heterocycles. The van der Waals surface area contributed by atoms with Crippen molar-refractivity contribution in [1.29, 1.82) is 0 Å². The lowest BCUT2D eigenvalue weighted by molar-refractivity contribution is 0.202. The molecule has 5 heteroatoms. The van der Waals surface area contributed by atoms with Gasteiger partial charge < -0.3 is 4.98 Å². The number of likely N-dealkylation sites (tertiary alicyclic amines) is 1. The first-order valence-corrected chi connectivity index (χ1v) is 12.5. The number of nitrogens with zero attached hydrogens (tertiary/aromatic N) is 4. The summed E-state index contributed by atoms with van der Waals surface area (Å²) in [6, 6.07) is 29.1. The molecule has 0 amide bonds. The van der Waals surface area contributed by atoms with Crippen LogP contribution in [0.1, 0.15) is 30.1 Å². The van der Waals surface area contributed by atoms with E-state index in [-0.39, 0.29) is 0 Å². The van der Waals surface area contributed by atoms with Crippen molar-refractivity contribution in [2.45, 2.75) is 25.3 Å². The third kappa shape index (κ3) is 4.51. The first-order valence-electron chi connectivity index (χ1n) is 12.5. The predicted octanol–water partition coefficient (Wildman–Crippen LogP) is 7.22. The maximum atomic E-state index is 7.39. The highest BCUT2D eigenvalue weighted by molar-refractivity contribution is 5.83. The number of piperidine rings is 1. The van der Waals surface area contributed by atoms with Gasteiger partial charge in [0.1, 0.15) is 5.82 Å². The molecule has 1 aliphatic rings. The van der Waals surface area contributed by atoms with Gasteiger partial charge in [-0.25, -0.2) is 9.83 Å². The number of imidazole rings is 1. The SMILES string of the molecule is [C-]#[N+]c1cnc(-c2ccc(CN3CCC(c4nc5ccccc5[nH]4)CC3)cc2)c(-c2ccccc2)c1. The number of rotatable bonds is 5. The number of hydrogen-bond acceptors (Lipinski definition) is 3. The number of benzene rings is 3. The fraction of sp³-hybridized carbons (Fsp3) is 0.194. The van der Waals surface area contributed by atoms with Crippen molar-refractivity contribution in [2.75, 3.05) is 13.1 Å². The van der Waals surface area contributed by atoms with Gasteiger partial charge in [0.2, 0.25) is 5.69 Å². The molecule has 3 aromatic carbocycles. The fourth-order valence-corrected chi connectivity index (χ4v) is 5.14. The van der Waals surface area contributed by atoms with E-state index >= 15 is 0 Å². The Hall–Kier alpha value is -4.27. The second-order valence-corrected chi connectivity index (χ2v) is 9.45. The number of aromatic nitrogens is 3. The molecule has 1 aliphatic heterocycles. The van der Waals surface area contributed by atoms with Crippen LogP contribution < -0.4 is 0 Å². The minimum absolute atomic E-state index is 0.497. The van der Waals surface area contributed by atoms with Gasteiger partial charge in [-0.3, -0.25) is 9.88 Å². The first kappa shape index (κ1) is 22.2. The normalized spacial score (nSPS) is 14.6. The number of fused-ring (bicyclic) bond motifs is 1. The summed E-state index contributed by atoms with van der Waals surface area (Å²) in [5.74, 6) is 1.63. The van der Waals surface area contributed by atoms with Crippen LogP contribution in [0.2, 0.25) is 0 Å². The van der Waals surface area contributed by atoms with E-state index in [1.54, 1.807) is 6.20 Å². The van der Waals surface area contributed by atoms with Gasteiger partial charge in [0.05, 0.1) is 23.3 Å². The van der Waals surface area contributed by atoms with Crippen LogP contribution in [0, 0.1) is 6.57 Å². The van der Waals surface area contributed by atoms with Crippen LogP contribution in [0.4, 0.5) is 5.69 Å². The Bertz CT molecular complexity index is 1490. The number of aromatic amines is 1. The molecule has 0 radical (unpaired) electrons. The number of pyridine rings is 1. The third-order valence-electron chi connectivity index (χ3n) is 7.10. The number of nitrogens with one attached hydrogen (secondary N) is 1. The van der Waals surface area contributed by atoms with Crippen molar-refractivity contribution in [2.24, 2.45) is 0 Å². The standard InChI is InChI=1S/C31H27N5/c1-32-26-19-27(23-7-3-2-4-8-23)30(33-20-26)24-13-11-22(12-14-24)21-36-17-15-25(16-18-36)31-34-28-9-5-6-10-29(28)35-31/h2-14,19-20,25H,15-18,21H2,(H,34,35). The predicted molar refractivity (Wildman–Crippen MR) is 145 cm³/mol. The Morgan fingerprint density at radius 1 is 0.889 bits per heavy atom. The van der Waals surface area contributed by atoms with Crippen molar-refractivity contribution in [1.82, 2.24) is 19.9 Å². The minimum atomic E-state index is 0.497. The van der Waals surface area contributed by atoms with Crippen LogP contribution in [0.25, 0.3) is 38.3 Å². The molecule has 36 heavy (non-hydrogen) atoms. The number of para-hydroxylation sites is 2. The largest absolute Gasteiger partial charge is 0.342 e. The van der Waals surface area contributed by atoms with Crippen LogP contribution in [0.5, 0.6) is 0 Å². The Morgan fingerprint density at radius 2 is 1.64 bits per heavy atom. The molecule has 3 heterocycles. The molecular formula is C31H27N5. The smallest absolute Gasteiger partial charge is 0.205 e. The average molecular weight is 470 g/mol. The van der Waals surface area contributed by atoms with Gasteiger partial charge in [-0.05, 0) is 60.8 Å². The second-order valence-electron chi connectivity index (χ2n) is 9.45. The molecule has 5 aromatic rings. The Kier molecular flexibility index (Phi) is 6.03. The van der Waals surface area contributed by atoms with Gasteiger partial charge in [-0.2, -0.15) is 0 Å². The Balaban J connectivity index is 1.14. The van der Waals surface area contributed by atoms with Gasteiger partial charge in [-0.1, -0.05) is 66.7 Å². The molecular weight excluding hydrogens is 442 g/mol. The Labute approximate surface area is 211 Å². The van der Waals surface area contributed by atoms with Gasteiger partial charge in [-0.15, -0.1) is 0 Å². The summed E-state index contributed by atoms with van der Waals surface area (Å²) in [7, 11) is 0. The van der Waals surface area contributed by atoms with Crippen LogP contribution in [-0.2, 0) is 6.54 Å². The van der Waals surface area contributed by atoms with Crippen molar-refractivity contribution < 1.29 is 0 Å². The minimum Gasteiger partial charge on any atom is -0.342 e. The summed E-state index contributed by atoms with van der Waals surface area (Å²) in [6.45, 7) is 10.5. The lowest BCUT2D eigenvalue weighted by atomic mass is 9.95. The zero-order valence-electron chi connectivity index (χ0n) is 20.1. The van der Waals surface area contributed by atoms with Crippen molar-refractivity contribution in [3.63, 3.8) is 0 Å². The molecule has 0 aliphatic carbocycles. The van der Waals surface area contributed by atoms with E-state index in [9.17, 15) is 0 Å². The summed E-state index contributed by atoms with van der Waals surface area (Å²) in [5.41, 5.74) is 8.09. The van der Waals surface area contributed by atoms with E-state index in [0.29, 0.717) is 11.6 Å². The summed E-state index contributed by atoms with van der Waals surface area (Å²) in [4.78, 5) is 19.1. The van der Waals surface area contributed by atoms with E-state index in [1.165, 1.54) is 5.56 Å². The number of H-pyrrole nitrogens is 1. The van der Waals surface area contributed by atoms with Crippen LogP contribution in [-0.4, -0.2) is 32.9 Å². The van der Waals surface area contributed by atoms with Crippen molar-refractivity contribution >= 4 is 16.7 Å². The molecule has 176 valence electrons. The second kappa shape index (κ2) is 9.77. The summed E-state index contributed by atoms with van der Waals surface area (Å²) < 4.78 is 0. The highest BCUT2D eigenvalue weighted by atomic mass is 15.1. The molecule has 0 unspecified atom stereocenters. The third-order valence-corrected chi connectivity index (χ3v) is 7.10. The van der Waals surface area contributed by atoms with Crippen molar-refractivity contribution in [3.05, 3.63) is 114 Å². The quantitative estimate of drug-likeness (QED) is 0.276. The molecule has 1 N–H and O–H groups in total. The van der Waals surface area contributed by atoms with Gasteiger partial charge in [0.15, 0.2) is 0 Å².